The molecule has 1 aromatic carbocycles. The minimum Gasteiger partial charge on any atom is -0.460 e. The number of esters is 1. The van der Waals surface area contributed by atoms with Crippen molar-refractivity contribution in [3.63, 3.8) is 0 Å². The Morgan fingerprint density at radius 3 is 2.65 bits per heavy atom. The Labute approximate surface area is 151 Å². The van der Waals surface area contributed by atoms with Gasteiger partial charge in [-0.3, -0.25) is 23.6 Å². The highest BCUT2D eigenvalue weighted by molar-refractivity contribution is 5.80. The van der Waals surface area contributed by atoms with E-state index in [0.29, 0.717) is 10.9 Å². The van der Waals surface area contributed by atoms with Crippen molar-refractivity contribution >= 4 is 16.9 Å². The number of ether oxygens (including phenoxy) is 1. The number of carbonyl (C=O) groups is 1. The van der Waals surface area contributed by atoms with Crippen LogP contribution in [0.5, 0.6) is 0 Å². The van der Waals surface area contributed by atoms with Crippen LogP contribution in [0.2, 0.25) is 0 Å². The van der Waals surface area contributed by atoms with Crippen molar-refractivity contribution in [3.05, 3.63) is 45.1 Å². The molecule has 7 nitrogen and oxygen atoms in total. The van der Waals surface area contributed by atoms with Gasteiger partial charge in [-0.05, 0) is 45.0 Å². The van der Waals surface area contributed by atoms with E-state index in [2.05, 4.69) is 11.8 Å². The van der Waals surface area contributed by atoms with Crippen LogP contribution < -0.4 is 11.2 Å². The molecule has 0 radical (unpaired) electrons. The van der Waals surface area contributed by atoms with Gasteiger partial charge in [0.2, 0.25) is 0 Å². The number of para-hydroxylation sites is 1. The SMILES string of the molecule is CCN1CCCC(OC(=O)Cn2c(=O)n(CC)c(=O)c3ccccc32)C1. The second-order valence-corrected chi connectivity index (χ2v) is 6.58. The fourth-order valence-corrected chi connectivity index (χ4v) is 3.55. The monoisotopic (exact) mass is 359 g/mol. The molecule has 1 aliphatic rings. The number of fused-ring (bicyclic) bond motifs is 1. The molecule has 7 heteroatoms. The van der Waals surface area contributed by atoms with Gasteiger partial charge in [0.15, 0.2) is 0 Å². The van der Waals surface area contributed by atoms with E-state index in [1.54, 1.807) is 31.2 Å². The molecule has 26 heavy (non-hydrogen) atoms. The quantitative estimate of drug-likeness (QED) is 0.751. The highest BCUT2D eigenvalue weighted by atomic mass is 16.5. The molecular weight excluding hydrogens is 334 g/mol. The fourth-order valence-electron chi connectivity index (χ4n) is 3.55. The zero-order chi connectivity index (χ0) is 18.7. The highest BCUT2D eigenvalue weighted by Gasteiger charge is 2.23. The third kappa shape index (κ3) is 3.58. The molecule has 0 amide bonds. The van der Waals surface area contributed by atoms with Gasteiger partial charge in [0.1, 0.15) is 12.6 Å². The average Bonchev–Trinajstić information content (AvgIpc) is 2.66. The van der Waals surface area contributed by atoms with Gasteiger partial charge in [0.05, 0.1) is 10.9 Å². The van der Waals surface area contributed by atoms with Gasteiger partial charge in [-0.2, -0.15) is 0 Å². The summed E-state index contributed by atoms with van der Waals surface area (Å²) in [6.07, 6.45) is 1.69. The van der Waals surface area contributed by atoms with E-state index in [1.807, 2.05) is 0 Å². The first-order valence-electron chi connectivity index (χ1n) is 9.19. The zero-order valence-electron chi connectivity index (χ0n) is 15.3. The first kappa shape index (κ1) is 18.4. The van der Waals surface area contributed by atoms with Crippen LogP contribution in [0.4, 0.5) is 0 Å². The van der Waals surface area contributed by atoms with Crippen molar-refractivity contribution in [2.24, 2.45) is 0 Å². The lowest BCUT2D eigenvalue weighted by atomic mass is 10.1. The molecule has 1 aliphatic heterocycles. The lowest BCUT2D eigenvalue weighted by molar-refractivity contribution is -0.152. The van der Waals surface area contributed by atoms with E-state index in [-0.39, 0.29) is 24.8 Å². The number of benzene rings is 1. The Hall–Kier alpha value is -2.41. The molecule has 0 spiro atoms. The maximum absolute atomic E-state index is 12.7. The Kier molecular flexibility index (Phi) is 5.56. The largest absolute Gasteiger partial charge is 0.460 e. The average molecular weight is 359 g/mol. The van der Waals surface area contributed by atoms with Crippen LogP contribution in [-0.4, -0.2) is 45.7 Å². The summed E-state index contributed by atoms with van der Waals surface area (Å²) in [4.78, 5) is 39.8. The Balaban J connectivity index is 1.87. The summed E-state index contributed by atoms with van der Waals surface area (Å²) in [6.45, 7) is 6.57. The van der Waals surface area contributed by atoms with Crippen molar-refractivity contribution < 1.29 is 9.53 Å². The molecule has 0 saturated carbocycles. The number of hydrogen-bond donors (Lipinski definition) is 0. The standard InChI is InChI=1S/C19H25N3O4/c1-3-20-11-7-8-14(12-20)26-17(23)13-22-16-10-6-5-9-15(16)18(24)21(4-2)19(22)25/h5-6,9-10,14H,3-4,7-8,11-13H2,1-2H3. The number of nitrogens with zero attached hydrogens (tertiary/aromatic N) is 3. The summed E-state index contributed by atoms with van der Waals surface area (Å²) in [7, 11) is 0. The third-order valence-electron chi connectivity index (χ3n) is 4.94. The van der Waals surface area contributed by atoms with E-state index >= 15 is 0 Å². The molecule has 1 fully saturated rings. The number of aromatic nitrogens is 2. The number of likely N-dealkylation sites (tertiary alicyclic amines) is 1. The second-order valence-electron chi connectivity index (χ2n) is 6.58. The van der Waals surface area contributed by atoms with Gasteiger partial charge in [-0.25, -0.2) is 4.79 Å². The van der Waals surface area contributed by atoms with Crippen LogP contribution in [0.3, 0.4) is 0 Å². The van der Waals surface area contributed by atoms with Crippen molar-refractivity contribution in [2.45, 2.75) is 45.9 Å². The number of carbonyl (C=O) groups excluding carboxylic acids is 1. The Morgan fingerprint density at radius 1 is 1.15 bits per heavy atom. The Bertz CT molecular complexity index is 915. The molecule has 0 bridgehead atoms. The van der Waals surface area contributed by atoms with Crippen LogP contribution in [-0.2, 0) is 22.6 Å². The maximum atomic E-state index is 12.7. The number of likely N-dealkylation sites (N-methyl/N-ethyl adjacent to an activating group) is 1. The predicted octanol–water partition coefficient (Wildman–Crippen LogP) is 1.21. The topological polar surface area (TPSA) is 73.5 Å². The van der Waals surface area contributed by atoms with Crippen LogP contribution in [0.25, 0.3) is 10.9 Å². The van der Waals surface area contributed by atoms with E-state index in [0.717, 1.165) is 37.0 Å². The van der Waals surface area contributed by atoms with Crippen molar-refractivity contribution in [2.75, 3.05) is 19.6 Å². The van der Waals surface area contributed by atoms with E-state index in [4.69, 9.17) is 4.74 Å². The molecule has 2 aromatic rings. The highest BCUT2D eigenvalue weighted by Crippen LogP contribution is 2.14. The molecule has 3 rings (SSSR count). The van der Waals surface area contributed by atoms with Crippen molar-refractivity contribution in [1.29, 1.82) is 0 Å². The van der Waals surface area contributed by atoms with Crippen LogP contribution >= 0.6 is 0 Å². The molecule has 0 aliphatic carbocycles. The molecule has 1 aromatic heterocycles. The number of piperidine rings is 1. The van der Waals surface area contributed by atoms with Gasteiger partial charge in [0.25, 0.3) is 5.56 Å². The lowest BCUT2D eigenvalue weighted by Crippen LogP contribution is -2.43. The molecule has 140 valence electrons. The predicted molar refractivity (Wildman–Crippen MR) is 99.4 cm³/mol. The van der Waals surface area contributed by atoms with Gasteiger partial charge in [-0.1, -0.05) is 19.1 Å². The van der Waals surface area contributed by atoms with Crippen LogP contribution in [0.15, 0.2) is 33.9 Å². The molecular formula is C19H25N3O4. The Morgan fingerprint density at radius 2 is 1.92 bits per heavy atom. The van der Waals surface area contributed by atoms with E-state index in [1.165, 1.54) is 4.57 Å². The first-order chi connectivity index (χ1) is 12.5. The van der Waals surface area contributed by atoms with Gasteiger partial charge >= 0.3 is 11.7 Å². The molecule has 0 N–H and O–H groups in total. The molecule has 1 saturated heterocycles. The smallest absolute Gasteiger partial charge is 0.332 e. The number of rotatable bonds is 5. The summed E-state index contributed by atoms with van der Waals surface area (Å²) in [6, 6.07) is 6.86. The fraction of sp³-hybridized carbons (Fsp3) is 0.526. The van der Waals surface area contributed by atoms with Crippen molar-refractivity contribution in [3.8, 4) is 0 Å². The molecule has 1 unspecified atom stereocenters. The minimum atomic E-state index is -0.480. The van der Waals surface area contributed by atoms with E-state index < -0.39 is 11.7 Å². The number of hydrogen-bond acceptors (Lipinski definition) is 5. The van der Waals surface area contributed by atoms with Gasteiger partial charge in [-0.15, -0.1) is 0 Å². The summed E-state index contributed by atoms with van der Waals surface area (Å²) >= 11 is 0. The van der Waals surface area contributed by atoms with E-state index in [9.17, 15) is 14.4 Å². The molecule has 2 heterocycles. The first-order valence-corrected chi connectivity index (χ1v) is 9.19. The summed E-state index contributed by atoms with van der Waals surface area (Å²) < 4.78 is 8.09. The van der Waals surface area contributed by atoms with Crippen molar-refractivity contribution in [1.82, 2.24) is 14.0 Å². The summed E-state index contributed by atoms with van der Waals surface area (Å²) in [5.74, 6) is -0.443. The van der Waals surface area contributed by atoms with Crippen LogP contribution in [0.1, 0.15) is 26.7 Å². The van der Waals surface area contributed by atoms with Gasteiger partial charge in [0, 0.05) is 13.1 Å². The second kappa shape index (κ2) is 7.86. The summed E-state index contributed by atoms with van der Waals surface area (Å²) in [5.41, 5.74) is -0.349. The summed E-state index contributed by atoms with van der Waals surface area (Å²) in [5, 5.41) is 0.427. The van der Waals surface area contributed by atoms with Crippen LogP contribution in [0, 0.1) is 0 Å². The molecule has 1 atom stereocenters. The van der Waals surface area contributed by atoms with Gasteiger partial charge < -0.3 is 4.74 Å². The maximum Gasteiger partial charge on any atom is 0.332 e. The third-order valence-corrected chi connectivity index (χ3v) is 4.94. The lowest BCUT2D eigenvalue weighted by Gasteiger charge is -2.31. The minimum absolute atomic E-state index is 0.143. The zero-order valence-corrected chi connectivity index (χ0v) is 15.3. The normalized spacial score (nSPS) is 18.2.